The number of benzene rings is 1. The zero-order chi connectivity index (χ0) is 14.6. The van der Waals surface area contributed by atoms with Gasteiger partial charge in [0.2, 0.25) is 5.91 Å². The van der Waals surface area contributed by atoms with E-state index in [1.807, 2.05) is 35.2 Å². The van der Waals surface area contributed by atoms with E-state index in [1.54, 1.807) is 0 Å². The maximum Gasteiger partial charge on any atom is 0.238 e. The van der Waals surface area contributed by atoms with Gasteiger partial charge < -0.3 is 4.90 Å². The van der Waals surface area contributed by atoms with Gasteiger partial charge in [-0.3, -0.25) is 4.79 Å². The number of hydrogen-bond donors (Lipinski definition) is 0. The molecule has 0 radical (unpaired) electrons. The molecule has 2 nitrogen and oxygen atoms in total. The highest BCUT2D eigenvalue weighted by molar-refractivity contribution is 5.82. The number of likely N-dealkylation sites (tertiary alicyclic amines) is 1. The first kappa shape index (κ1) is 14.7. The van der Waals surface area contributed by atoms with Gasteiger partial charge in [-0.1, -0.05) is 50.8 Å². The topological polar surface area (TPSA) is 20.3 Å². The average Bonchev–Trinajstić information content (AvgIpc) is 2.92. The molecule has 2 rings (SSSR count). The van der Waals surface area contributed by atoms with Crippen LogP contribution < -0.4 is 0 Å². The fourth-order valence-corrected chi connectivity index (χ4v) is 2.45. The molecule has 0 spiro atoms. The molecule has 1 saturated heterocycles. The lowest BCUT2D eigenvalue weighted by molar-refractivity contribution is -0.135. The van der Waals surface area contributed by atoms with Crippen molar-refractivity contribution in [3.8, 4) is 11.8 Å². The van der Waals surface area contributed by atoms with Crippen LogP contribution in [-0.2, 0) is 4.79 Å². The fourth-order valence-electron chi connectivity index (χ4n) is 2.45. The zero-order valence-corrected chi connectivity index (χ0v) is 12.6. The van der Waals surface area contributed by atoms with Crippen molar-refractivity contribution >= 4 is 5.91 Å². The average molecular weight is 269 g/mol. The van der Waals surface area contributed by atoms with E-state index in [0.717, 1.165) is 31.5 Å². The number of rotatable bonds is 1. The molecule has 20 heavy (non-hydrogen) atoms. The molecule has 1 aromatic carbocycles. The predicted molar refractivity (Wildman–Crippen MR) is 82.1 cm³/mol. The lowest BCUT2D eigenvalue weighted by Gasteiger charge is -2.29. The van der Waals surface area contributed by atoms with E-state index in [2.05, 4.69) is 32.6 Å². The van der Waals surface area contributed by atoms with Gasteiger partial charge in [0.25, 0.3) is 0 Å². The van der Waals surface area contributed by atoms with Gasteiger partial charge in [-0.25, -0.2) is 0 Å². The van der Waals surface area contributed by atoms with Gasteiger partial charge >= 0.3 is 0 Å². The largest absolute Gasteiger partial charge is 0.342 e. The van der Waals surface area contributed by atoms with Crippen LogP contribution in [0.1, 0.15) is 39.2 Å². The summed E-state index contributed by atoms with van der Waals surface area (Å²) in [6, 6.07) is 9.87. The van der Waals surface area contributed by atoms with Crippen LogP contribution in [-0.4, -0.2) is 23.9 Å². The molecule has 1 aliphatic heterocycles. The molecule has 1 aliphatic rings. The molecule has 1 heterocycles. The minimum absolute atomic E-state index is 0.137. The van der Waals surface area contributed by atoms with E-state index in [1.165, 1.54) is 0 Å². The molecule has 0 saturated carbocycles. The quantitative estimate of drug-likeness (QED) is 0.716. The number of amides is 1. The van der Waals surface area contributed by atoms with Crippen LogP contribution >= 0.6 is 0 Å². The van der Waals surface area contributed by atoms with E-state index in [9.17, 15) is 4.79 Å². The highest BCUT2D eigenvalue weighted by atomic mass is 16.2. The predicted octanol–water partition coefficient (Wildman–Crippen LogP) is 3.32. The Labute approximate surface area is 122 Å². The minimum Gasteiger partial charge on any atom is -0.342 e. The first-order chi connectivity index (χ1) is 9.48. The summed E-state index contributed by atoms with van der Waals surface area (Å²) >= 11 is 0. The maximum absolute atomic E-state index is 12.6. The van der Waals surface area contributed by atoms with Crippen LogP contribution in [0.3, 0.4) is 0 Å². The van der Waals surface area contributed by atoms with Crippen molar-refractivity contribution in [3.05, 3.63) is 35.9 Å². The lowest BCUT2D eigenvalue weighted by atomic mass is 9.80. The van der Waals surface area contributed by atoms with Crippen LogP contribution in [0.15, 0.2) is 30.3 Å². The van der Waals surface area contributed by atoms with Crippen LogP contribution in [0.2, 0.25) is 0 Å². The molecule has 0 aromatic heterocycles. The van der Waals surface area contributed by atoms with E-state index < -0.39 is 0 Å². The molecule has 0 aliphatic carbocycles. The molecule has 1 amide bonds. The highest BCUT2D eigenvalue weighted by Gasteiger charge is 2.33. The summed E-state index contributed by atoms with van der Waals surface area (Å²) in [5.74, 6) is 6.33. The lowest BCUT2D eigenvalue weighted by Crippen LogP contribution is -2.39. The Kier molecular flexibility index (Phi) is 4.49. The van der Waals surface area contributed by atoms with E-state index in [-0.39, 0.29) is 17.2 Å². The molecule has 1 atom stereocenters. The second-order valence-electron chi connectivity index (χ2n) is 6.47. The molecule has 0 N–H and O–H groups in total. The summed E-state index contributed by atoms with van der Waals surface area (Å²) in [7, 11) is 0. The van der Waals surface area contributed by atoms with Crippen molar-refractivity contribution < 1.29 is 4.79 Å². The Morgan fingerprint density at radius 1 is 1.15 bits per heavy atom. The normalized spacial score (nSPS) is 16.4. The molecule has 106 valence electrons. The Balaban J connectivity index is 2.21. The Morgan fingerprint density at radius 3 is 2.30 bits per heavy atom. The summed E-state index contributed by atoms with van der Waals surface area (Å²) in [6.45, 7) is 8.04. The molecule has 2 heteroatoms. The van der Waals surface area contributed by atoms with Gasteiger partial charge in [0.15, 0.2) is 0 Å². The van der Waals surface area contributed by atoms with Crippen molar-refractivity contribution in [3.63, 3.8) is 0 Å². The Hall–Kier alpha value is -1.75. The first-order valence-electron chi connectivity index (χ1n) is 7.34. The number of hydrogen-bond acceptors (Lipinski definition) is 1. The van der Waals surface area contributed by atoms with Gasteiger partial charge in [-0.2, -0.15) is 0 Å². The van der Waals surface area contributed by atoms with Crippen molar-refractivity contribution in [2.75, 3.05) is 13.1 Å². The number of carbonyl (C=O) groups is 1. The highest BCUT2D eigenvalue weighted by Crippen LogP contribution is 2.28. The molecule has 1 unspecified atom stereocenters. The number of carbonyl (C=O) groups excluding carboxylic acids is 1. The van der Waals surface area contributed by atoms with Gasteiger partial charge in [-0.05, 0) is 30.4 Å². The van der Waals surface area contributed by atoms with Crippen molar-refractivity contribution in [1.29, 1.82) is 0 Å². The molecule has 0 bridgehead atoms. The molecule has 1 aromatic rings. The first-order valence-corrected chi connectivity index (χ1v) is 7.34. The fraction of sp³-hybridized carbons (Fsp3) is 0.500. The minimum atomic E-state index is -0.235. The van der Waals surface area contributed by atoms with Crippen LogP contribution in [0, 0.1) is 23.2 Å². The van der Waals surface area contributed by atoms with Crippen LogP contribution in [0.5, 0.6) is 0 Å². The summed E-state index contributed by atoms with van der Waals surface area (Å²) in [5.41, 5.74) is 0.831. The van der Waals surface area contributed by atoms with Crippen LogP contribution in [0.25, 0.3) is 0 Å². The van der Waals surface area contributed by atoms with Gasteiger partial charge in [-0.15, -0.1) is 0 Å². The van der Waals surface area contributed by atoms with E-state index in [4.69, 9.17) is 0 Å². The summed E-state index contributed by atoms with van der Waals surface area (Å²) in [6.07, 6.45) is 2.24. The van der Waals surface area contributed by atoms with Gasteiger partial charge in [0.05, 0.1) is 0 Å². The summed E-state index contributed by atoms with van der Waals surface area (Å²) in [4.78, 5) is 14.6. The van der Waals surface area contributed by atoms with Crippen molar-refractivity contribution in [2.45, 2.75) is 33.6 Å². The summed E-state index contributed by atoms with van der Waals surface area (Å²) < 4.78 is 0. The second kappa shape index (κ2) is 6.13. The third kappa shape index (κ3) is 3.63. The van der Waals surface area contributed by atoms with E-state index in [0.29, 0.717) is 0 Å². The smallest absolute Gasteiger partial charge is 0.238 e. The van der Waals surface area contributed by atoms with Gasteiger partial charge in [0, 0.05) is 18.7 Å². The summed E-state index contributed by atoms with van der Waals surface area (Å²) in [5, 5.41) is 0. The number of nitrogens with zero attached hydrogens (tertiary/aromatic N) is 1. The standard InChI is InChI=1S/C18H23NO/c1-18(2,3)16(17(20)19-13-7-8-14-19)12-11-15-9-5-4-6-10-15/h4-6,9-10,16H,7-8,13-14H2,1-3H3. The molecule has 1 fully saturated rings. The third-order valence-electron chi connectivity index (χ3n) is 3.67. The molecular formula is C18H23NO. The van der Waals surface area contributed by atoms with E-state index >= 15 is 0 Å². The Morgan fingerprint density at radius 2 is 1.75 bits per heavy atom. The van der Waals surface area contributed by atoms with Crippen molar-refractivity contribution in [2.24, 2.45) is 11.3 Å². The SMILES string of the molecule is CC(C)(C)C(C#Cc1ccccc1)C(=O)N1CCCC1. The van der Waals surface area contributed by atoms with Crippen molar-refractivity contribution in [1.82, 2.24) is 4.90 Å². The Bertz CT molecular complexity index is 510. The monoisotopic (exact) mass is 269 g/mol. The van der Waals surface area contributed by atoms with Crippen LogP contribution in [0.4, 0.5) is 0 Å². The zero-order valence-electron chi connectivity index (χ0n) is 12.6. The van der Waals surface area contributed by atoms with Gasteiger partial charge in [0.1, 0.15) is 5.92 Å². The third-order valence-corrected chi connectivity index (χ3v) is 3.67. The molecular weight excluding hydrogens is 246 g/mol. The second-order valence-corrected chi connectivity index (χ2v) is 6.47. The maximum atomic E-state index is 12.6.